The van der Waals surface area contributed by atoms with Crippen molar-refractivity contribution in [3.63, 3.8) is 0 Å². The normalized spacial score (nSPS) is 35.5. The van der Waals surface area contributed by atoms with Gasteiger partial charge in [0.15, 0.2) is 0 Å². The predicted octanol–water partition coefficient (Wildman–Crippen LogP) is 10.9. The first-order chi connectivity index (χ1) is 20.3. The van der Waals surface area contributed by atoms with Crippen molar-refractivity contribution < 1.29 is 9.53 Å². The van der Waals surface area contributed by atoms with Gasteiger partial charge in [-0.3, -0.25) is 4.98 Å². The molecule has 6 rings (SSSR count). The van der Waals surface area contributed by atoms with Gasteiger partial charge in [0.1, 0.15) is 6.10 Å². The summed E-state index contributed by atoms with van der Waals surface area (Å²) in [7, 11) is 0. The van der Waals surface area contributed by atoms with Crippen molar-refractivity contribution in [3.05, 3.63) is 64.9 Å². The predicted molar refractivity (Wildman–Crippen MR) is 178 cm³/mol. The highest BCUT2D eigenvalue weighted by Gasteiger charge is 2.63. The Balaban J connectivity index is 1.22. The molecule has 1 aromatic carbocycles. The molecule has 1 heterocycles. The second kappa shape index (κ2) is 10.9. The Morgan fingerprint density at radius 3 is 2.53 bits per heavy atom. The van der Waals surface area contributed by atoms with Crippen molar-refractivity contribution >= 4 is 16.9 Å². The quantitative estimate of drug-likeness (QED) is 0.252. The molecule has 43 heavy (non-hydrogen) atoms. The minimum atomic E-state index is -0.229. The Hall–Kier alpha value is -2.42. The van der Waals surface area contributed by atoms with Crippen molar-refractivity contribution in [3.8, 4) is 0 Å². The van der Waals surface area contributed by atoms with Crippen LogP contribution in [0.25, 0.3) is 10.9 Å². The van der Waals surface area contributed by atoms with E-state index in [1.807, 2.05) is 35.9 Å². The monoisotopic (exact) mass is 581 g/mol. The standard InChI is InChI=1S/C40H55NO2/c1-26(2)12-11-13-27(3)30-18-22-40(8)32-16-17-34-37(4,5)35(20-21-38(34,6)31(32)19-23-39(30,40)7)43-36(42)29-24-28-14-9-10-15-33(28)41-25-29/h9-10,12,14-15,24-25,27,30,34-35H,11,13,16-23H2,1-8H3/t27-,30-,34?,35+,38-,39-,40+/m1/s1. The molecule has 0 saturated heterocycles. The van der Waals surface area contributed by atoms with Crippen LogP contribution in [0.5, 0.6) is 0 Å². The third-order valence-electron chi connectivity index (χ3n) is 13.7. The summed E-state index contributed by atoms with van der Waals surface area (Å²) in [4.78, 5) is 17.9. The van der Waals surface area contributed by atoms with E-state index in [2.05, 4.69) is 66.4 Å². The number of ether oxygens (including phenoxy) is 1. The molecule has 3 heteroatoms. The number of allylic oxidation sites excluding steroid dienone is 4. The molecule has 2 fully saturated rings. The number of benzene rings is 1. The summed E-state index contributed by atoms with van der Waals surface area (Å²) in [5.41, 5.74) is 7.39. The molecular formula is C40H55NO2. The lowest BCUT2D eigenvalue weighted by molar-refractivity contribution is -0.104. The van der Waals surface area contributed by atoms with Gasteiger partial charge >= 0.3 is 5.97 Å². The lowest BCUT2D eigenvalue weighted by atomic mass is 9.43. The molecule has 0 N–H and O–H groups in total. The lowest BCUT2D eigenvalue weighted by Crippen LogP contribution is -2.55. The van der Waals surface area contributed by atoms with E-state index in [4.69, 9.17) is 4.74 Å². The number of carbonyl (C=O) groups excluding carboxylic acids is 1. The first kappa shape index (κ1) is 30.6. The zero-order valence-corrected chi connectivity index (χ0v) is 28.2. The number of carbonyl (C=O) groups is 1. The number of hydrogen-bond acceptors (Lipinski definition) is 3. The number of aromatic nitrogens is 1. The van der Waals surface area contributed by atoms with E-state index < -0.39 is 0 Å². The van der Waals surface area contributed by atoms with Gasteiger partial charge in [0, 0.05) is 17.0 Å². The third-order valence-corrected chi connectivity index (χ3v) is 13.7. The van der Waals surface area contributed by atoms with E-state index in [0.29, 0.717) is 22.3 Å². The smallest absolute Gasteiger partial charge is 0.340 e. The van der Waals surface area contributed by atoms with Gasteiger partial charge in [-0.25, -0.2) is 4.79 Å². The van der Waals surface area contributed by atoms with Crippen LogP contribution in [0.15, 0.2) is 59.3 Å². The highest BCUT2D eigenvalue weighted by Crippen LogP contribution is 2.72. The lowest BCUT2D eigenvalue weighted by Gasteiger charge is -2.62. The second-order valence-corrected chi connectivity index (χ2v) is 16.4. The molecule has 4 aliphatic carbocycles. The van der Waals surface area contributed by atoms with Gasteiger partial charge in [-0.1, -0.05) is 82.5 Å². The van der Waals surface area contributed by atoms with Crippen LogP contribution in [0, 0.1) is 39.4 Å². The van der Waals surface area contributed by atoms with Crippen molar-refractivity contribution in [1.82, 2.24) is 4.98 Å². The van der Waals surface area contributed by atoms with E-state index in [-0.39, 0.29) is 22.9 Å². The SMILES string of the molecule is CC(C)=CCC[C@@H](C)[C@H]1CC[C@@]2(C)C3=C(CC[C@]12C)[C@@]1(C)CC[C@H](OC(=O)c2cnc4ccccc4c2)C(C)(C)C1CC3. The van der Waals surface area contributed by atoms with Gasteiger partial charge in [-0.2, -0.15) is 0 Å². The molecular weight excluding hydrogens is 526 g/mol. The van der Waals surface area contributed by atoms with Gasteiger partial charge < -0.3 is 4.74 Å². The van der Waals surface area contributed by atoms with Crippen molar-refractivity contribution in [1.29, 1.82) is 0 Å². The minimum Gasteiger partial charge on any atom is -0.458 e. The molecule has 4 aliphatic rings. The van der Waals surface area contributed by atoms with Crippen LogP contribution in [-0.4, -0.2) is 17.1 Å². The Kier molecular flexibility index (Phi) is 7.74. The number of para-hydroxylation sites is 1. The first-order valence-corrected chi connectivity index (χ1v) is 17.2. The fraction of sp³-hybridized carbons (Fsp3) is 0.650. The second-order valence-electron chi connectivity index (χ2n) is 16.4. The van der Waals surface area contributed by atoms with Crippen LogP contribution in [-0.2, 0) is 4.74 Å². The van der Waals surface area contributed by atoms with Crippen molar-refractivity contribution in [2.45, 2.75) is 126 Å². The molecule has 232 valence electrons. The van der Waals surface area contributed by atoms with Gasteiger partial charge in [0.2, 0.25) is 0 Å². The largest absolute Gasteiger partial charge is 0.458 e. The summed E-state index contributed by atoms with van der Waals surface area (Å²) in [5, 5.41) is 0.980. The molecule has 0 bridgehead atoms. The number of esters is 1. The van der Waals surface area contributed by atoms with Crippen LogP contribution in [0.1, 0.15) is 130 Å². The van der Waals surface area contributed by atoms with Crippen LogP contribution in [0.4, 0.5) is 0 Å². The Labute approximate surface area is 261 Å². The van der Waals surface area contributed by atoms with E-state index in [9.17, 15) is 4.79 Å². The summed E-state index contributed by atoms with van der Waals surface area (Å²) in [5.74, 6) is 1.89. The van der Waals surface area contributed by atoms with Crippen LogP contribution >= 0.6 is 0 Å². The minimum absolute atomic E-state index is 0.0753. The molecule has 0 spiro atoms. The van der Waals surface area contributed by atoms with E-state index in [1.165, 1.54) is 56.9 Å². The maximum atomic E-state index is 13.4. The fourth-order valence-electron chi connectivity index (χ4n) is 11.0. The Bertz CT molecular complexity index is 1460. The fourth-order valence-corrected chi connectivity index (χ4v) is 11.0. The van der Waals surface area contributed by atoms with E-state index >= 15 is 0 Å². The van der Waals surface area contributed by atoms with Crippen LogP contribution < -0.4 is 0 Å². The number of nitrogens with zero attached hydrogens (tertiary/aromatic N) is 1. The molecule has 1 unspecified atom stereocenters. The number of fused-ring (bicyclic) bond motifs is 5. The highest BCUT2D eigenvalue weighted by molar-refractivity contribution is 5.93. The van der Waals surface area contributed by atoms with Gasteiger partial charge in [-0.05, 0) is 124 Å². The van der Waals surface area contributed by atoms with Crippen LogP contribution in [0.3, 0.4) is 0 Å². The van der Waals surface area contributed by atoms with Gasteiger partial charge in [0.05, 0.1) is 11.1 Å². The van der Waals surface area contributed by atoms with Crippen molar-refractivity contribution in [2.75, 3.05) is 0 Å². The zero-order chi connectivity index (χ0) is 30.8. The summed E-state index contributed by atoms with van der Waals surface area (Å²) in [6.07, 6.45) is 16.4. The number of rotatable bonds is 6. The number of pyridine rings is 1. The molecule has 7 atom stereocenters. The van der Waals surface area contributed by atoms with Gasteiger partial charge in [0.25, 0.3) is 0 Å². The molecule has 2 aromatic rings. The summed E-state index contributed by atoms with van der Waals surface area (Å²) in [6.45, 7) is 19.7. The topological polar surface area (TPSA) is 39.2 Å². The summed E-state index contributed by atoms with van der Waals surface area (Å²) >= 11 is 0. The molecule has 1 aromatic heterocycles. The maximum Gasteiger partial charge on any atom is 0.340 e. The zero-order valence-electron chi connectivity index (χ0n) is 28.2. The van der Waals surface area contributed by atoms with Crippen LogP contribution in [0.2, 0.25) is 0 Å². The van der Waals surface area contributed by atoms with E-state index in [1.54, 1.807) is 11.8 Å². The summed E-state index contributed by atoms with van der Waals surface area (Å²) in [6, 6.07) is 9.89. The van der Waals surface area contributed by atoms with Gasteiger partial charge in [-0.15, -0.1) is 0 Å². The average molecular weight is 582 g/mol. The molecule has 0 amide bonds. The van der Waals surface area contributed by atoms with Crippen molar-refractivity contribution in [2.24, 2.45) is 39.4 Å². The molecule has 0 aliphatic heterocycles. The molecule has 3 nitrogen and oxygen atoms in total. The Morgan fingerprint density at radius 1 is 1.00 bits per heavy atom. The molecule has 2 saturated carbocycles. The molecule has 0 radical (unpaired) electrons. The first-order valence-electron chi connectivity index (χ1n) is 17.2. The summed E-state index contributed by atoms with van der Waals surface area (Å²) < 4.78 is 6.37. The average Bonchev–Trinajstić information content (AvgIpc) is 3.25. The third kappa shape index (κ3) is 4.83. The Morgan fingerprint density at radius 2 is 1.77 bits per heavy atom. The van der Waals surface area contributed by atoms with E-state index in [0.717, 1.165) is 35.6 Å². The highest BCUT2D eigenvalue weighted by atomic mass is 16.5. The number of hydrogen-bond donors (Lipinski definition) is 0. The maximum absolute atomic E-state index is 13.4.